The van der Waals surface area contributed by atoms with Crippen LogP contribution >= 0.6 is 11.8 Å². The number of hydrogen-bond acceptors (Lipinski definition) is 3. The lowest BCUT2D eigenvalue weighted by molar-refractivity contribution is -0.128. The van der Waals surface area contributed by atoms with Gasteiger partial charge in [0, 0.05) is 44.9 Å². The van der Waals surface area contributed by atoms with E-state index in [0.717, 1.165) is 38.6 Å². The molecule has 2 aliphatic rings. The van der Waals surface area contributed by atoms with Crippen LogP contribution < -0.4 is 10.6 Å². The molecule has 0 spiro atoms. The molecule has 0 aliphatic carbocycles. The van der Waals surface area contributed by atoms with Crippen LogP contribution in [-0.4, -0.2) is 47.9 Å². The molecule has 136 valence electrons. The summed E-state index contributed by atoms with van der Waals surface area (Å²) in [4.78, 5) is 18.0. The number of amides is 1. The Kier molecular flexibility index (Phi) is 6.62. The van der Waals surface area contributed by atoms with Gasteiger partial charge in [0.15, 0.2) is 5.96 Å². The third-order valence-corrected chi connectivity index (χ3v) is 6.17. The number of aliphatic imine (C=N–C) groups is 1. The van der Waals surface area contributed by atoms with Gasteiger partial charge in [-0.2, -0.15) is 11.8 Å². The smallest absolute Gasteiger partial charge is 0.222 e. The molecule has 2 fully saturated rings. The van der Waals surface area contributed by atoms with Gasteiger partial charge in [-0.1, -0.05) is 24.3 Å². The van der Waals surface area contributed by atoms with Crippen LogP contribution in [0.4, 0.5) is 0 Å². The van der Waals surface area contributed by atoms with Gasteiger partial charge >= 0.3 is 0 Å². The average molecular weight is 361 g/mol. The van der Waals surface area contributed by atoms with Crippen molar-refractivity contribution in [1.82, 2.24) is 15.5 Å². The first kappa shape index (κ1) is 18.1. The van der Waals surface area contributed by atoms with Crippen LogP contribution in [0.25, 0.3) is 0 Å². The highest BCUT2D eigenvalue weighted by molar-refractivity contribution is 8.00. The van der Waals surface area contributed by atoms with Crippen LogP contribution in [0.3, 0.4) is 0 Å². The summed E-state index contributed by atoms with van der Waals surface area (Å²) in [6.07, 6.45) is 4.33. The molecule has 25 heavy (non-hydrogen) atoms. The Morgan fingerprint density at radius 3 is 2.68 bits per heavy atom. The fourth-order valence-corrected chi connectivity index (χ4v) is 4.48. The van der Waals surface area contributed by atoms with E-state index in [9.17, 15) is 4.79 Å². The number of thioether (sulfide) groups is 1. The van der Waals surface area contributed by atoms with Crippen molar-refractivity contribution in [1.29, 1.82) is 0 Å². The van der Waals surface area contributed by atoms with Crippen molar-refractivity contribution in [2.75, 3.05) is 25.9 Å². The van der Waals surface area contributed by atoms with E-state index in [1.807, 2.05) is 11.9 Å². The normalized spacial score (nSPS) is 21.0. The summed E-state index contributed by atoms with van der Waals surface area (Å²) in [5.41, 5.74) is 2.41. The van der Waals surface area contributed by atoms with E-state index in [-0.39, 0.29) is 5.91 Å². The molecule has 2 aliphatic heterocycles. The highest BCUT2D eigenvalue weighted by Crippen LogP contribution is 2.25. The van der Waals surface area contributed by atoms with Gasteiger partial charge in [0.25, 0.3) is 0 Å². The summed E-state index contributed by atoms with van der Waals surface area (Å²) < 4.78 is 0. The van der Waals surface area contributed by atoms with Crippen LogP contribution in [0.1, 0.15) is 36.8 Å². The van der Waals surface area contributed by atoms with Gasteiger partial charge in [0.2, 0.25) is 5.91 Å². The number of carbonyl (C=O) groups excluding carboxylic acids is 1. The minimum absolute atomic E-state index is 0.279. The Hall–Kier alpha value is -1.69. The largest absolute Gasteiger partial charge is 0.355 e. The van der Waals surface area contributed by atoms with E-state index in [1.54, 1.807) is 0 Å². The van der Waals surface area contributed by atoms with Crippen molar-refractivity contribution < 1.29 is 4.79 Å². The first-order valence-electron chi connectivity index (χ1n) is 9.16. The van der Waals surface area contributed by atoms with E-state index >= 15 is 0 Å². The predicted octanol–water partition coefficient (Wildman–Crippen LogP) is 2.37. The van der Waals surface area contributed by atoms with Crippen LogP contribution in [0.2, 0.25) is 0 Å². The number of benzene rings is 1. The lowest BCUT2D eigenvalue weighted by Crippen LogP contribution is -2.39. The zero-order valence-corrected chi connectivity index (χ0v) is 15.8. The number of guanidine groups is 1. The van der Waals surface area contributed by atoms with Crippen LogP contribution in [0, 0.1) is 0 Å². The van der Waals surface area contributed by atoms with Crippen molar-refractivity contribution in [2.45, 2.75) is 44.0 Å². The number of carbonyl (C=O) groups is 1. The van der Waals surface area contributed by atoms with Gasteiger partial charge in [-0.15, -0.1) is 0 Å². The second-order valence-electron chi connectivity index (χ2n) is 6.68. The third-order valence-electron chi connectivity index (χ3n) is 4.77. The fourth-order valence-electron chi connectivity index (χ4n) is 3.28. The molecule has 2 saturated heterocycles. The number of nitrogens with one attached hydrogen (secondary N) is 2. The van der Waals surface area contributed by atoms with Crippen molar-refractivity contribution in [3.63, 3.8) is 0 Å². The Morgan fingerprint density at radius 1 is 1.24 bits per heavy atom. The summed E-state index contributed by atoms with van der Waals surface area (Å²) >= 11 is 2.05. The first-order valence-corrected chi connectivity index (χ1v) is 10.2. The second-order valence-corrected chi connectivity index (χ2v) is 8.09. The molecule has 2 heterocycles. The average Bonchev–Trinajstić information content (AvgIpc) is 3.29. The van der Waals surface area contributed by atoms with E-state index in [2.05, 4.69) is 51.7 Å². The van der Waals surface area contributed by atoms with Crippen molar-refractivity contribution in [2.24, 2.45) is 4.99 Å². The molecule has 1 unspecified atom stereocenters. The molecule has 2 N–H and O–H groups in total. The third kappa shape index (κ3) is 5.39. The van der Waals surface area contributed by atoms with Gasteiger partial charge in [-0.3, -0.25) is 9.79 Å². The molecule has 3 rings (SSSR count). The standard InChI is InChI=1S/C19H28N4OS/c1-20-19(22-13-17-4-3-11-25-17)21-12-15-6-8-16(9-7-15)14-23-10-2-5-18(23)24/h6-9,17H,2-5,10-14H2,1H3,(H2,20,21,22). The SMILES string of the molecule is CN=C(NCc1ccc(CN2CCCC2=O)cc1)NCC1CCCS1. The van der Waals surface area contributed by atoms with Crippen molar-refractivity contribution in [3.8, 4) is 0 Å². The summed E-state index contributed by atoms with van der Waals surface area (Å²) in [5, 5.41) is 7.51. The Balaban J connectivity index is 1.43. The van der Waals surface area contributed by atoms with E-state index < -0.39 is 0 Å². The predicted molar refractivity (Wildman–Crippen MR) is 105 cm³/mol. The van der Waals surface area contributed by atoms with Crippen LogP contribution in [-0.2, 0) is 17.9 Å². The molecule has 0 saturated carbocycles. The topological polar surface area (TPSA) is 56.7 Å². The highest BCUT2D eigenvalue weighted by atomic mass is 32.2. The molecule has 1 atom stereocenters. The lowest BCUT2D eigenvalue weighted by Gasteiger charge is -2.16. The summed E-state index contributed by atoms with van der Waals surface area (Å²) in [5.74, 6) is 2.42. The van der Waals surface area contributed by atoms with Gasteiger partial charge in [-0.25, -0.2) is 0 Å². The molecular formula is C19H28N4OS. The maximum atomic E-state index is 11.7. The molecule has 0 aromatic heterocycles. The number of hydrogen-bond donors (Lipinski definition) is 2. The van der Waals surface area contributed by atoms with Gasteiger partial charge in [-0.05, 0) is 36.1 Å². The summed E-state index contributed by atoms with van der Waals surface area (Å²) in [7, 11) is 1.81. The minimum atomic E-state index is 0.279. The van der Waals surface area contributed by atoms with Gasteiger partial charge in [0.1, 0.15) is 0 Å². The van der Waals surface area contributed by atoms with Crippen molar-refractivity contribution in [3.05, 3.63) is 35.4 Å². The van der Waals surface area contributed by atoms with E-state index in [0.29, 0.717) is 11.7 Å². The number of rotatable bonds is 6. The zero-order chi connectivity index (χ0) is 17.5. The monoisotopic (exact) mass is 360 g/mol. The zero-order valence-electron chi connectivity index (χ0n) is 15.0. The molecule has 5 nitrogen and oxygen atoms in total. The molecule has 1 amide bonds. The second kappa shape index (κ2) is 9.13. The summed E-state index contributed by atoms with van der Waals surface area (Å²) in [6, 6.07) is 8.49. The maximum absolute atomic E-state index is 11.7. The Morgan fingerprint density at radius 2 is 2.04 bits per heavy atom. The number of nitrogens with zero attached hydrogens (tertiary/aromatic N) is 2. The Bertz CT molecular complexity index is 596. The van der Waals surface area contributed by atoms with Gasteiger partial charge in [0.05, 0.1) is 0 Å². The molecule has 6 heteroatoms. The van der Waals surface area contributed by atoms with Crippen molar-refractivity contribution >= 4 is 23.6 Å². The molecule has 1 aromatic carbocycles. The highest BCUT2D eigenvalue weighted by Gasteiger charge is 2.19. The van der Waals surface area contributed by atoms with Gasteiger partial charge < -0.3 is 15.5 Å². The van der Waals surface area contributed by atoms with E-state index in [1.165, 1.54) is 29.7 Å². The quantitative estimate of drug-likeness (QED) is 0.604. The Labute approximate surface area is 154 Å². The lowest BCUT2D eigenvalue weighted by atomic mass is 10.1. The van der Waals surface area contributed by atoms with Crippen LogP contribution in [0.5, 0.6) is 0 Å². The molecular weight excluding hydrogens is 332 g/mol. The first-order chi connectivity index (χ1) is 12.2. The molecule has 1 aromatic rings. The number of likely N-dealkylation sites (tertiary alicyclic amines) is 1. The van der Waals surface area contributed by atoms with Crippen LogP contribution in [0.15, 0.2) is 29.3 Å². The maximum Gasteiger partial charge on any atom is 0.222 e. The summed E-state index contributed by atoms with van der Waals surface area (Å²) in [6.45, 7) is 3.35. The fraction of sp³-hybridized carbons (Fsp3) is 0.579. The minimum Gasteiger partial charge on any atom is -0.355 e. The van der Waals surface area contributed by atoms with E-state index in [4.69, 9.17) is 0 Å². The molecule has 0 radical (unpaired) electrons. The molecule has 0 bridgehead atoms.